The number of amides is 2. The van der Waals surface area contributed by atoms with Crippen LogP contribution in [0.4, 0.5) is 4.39 Å². The number of phenols is 2. The van der Waals surface area contributed by atoms with E-state index in [0.717, 1.165) is 13.0 Å². The minimum Gasteiger partial charge on any atom is -0.507 e. The molecule has 3 aromatic rings. The van der Waals surface area contributed by atoms with E-state index >= 15 is 0 Å². The predicted molar refractivity (Wildman–Crippen MR) is 154 cm³/mol. The number of phenolic OH excluding ortho intramolecular Hbond substituents is 2. The lowest BCUT2D eigenvalue weighted by Crippen LogP contribution is -2.54. The molecule has 0 saturated carbocycles. The summed E-state index contributed by atoms with van der Waals surface area (Å²) in [6.07, 6.45) is 1.42. The van der Waals surface area contributed by atoms with Crippen LogP contribution in [0.25, 0.3) is 0 Å². The molecule has 5 N–H and O–H groups in total. The molecule has 0 radical (unpaired) electrons. The second kappa shape index (κ2) is 13.5. The van der Waals surface area contributed by atoms with Gasteiger partial charge in [-0.3, -0.25) is 14.4 Å². The van der Waals surface area contributed by atoms with Crippen molar-refractivity contribution in [3.8, 4) is 17.2 Å². The van der Waals surface area contributed by atoms with Gasteiger partial charge in [0, 0.05) is 23.2 Å². The SMILES string of the molecule is COc1ccc(O)c(C(=O)c2ccc(C(=O)N[C@@H]3CCCNC[C@H]3NC(=O)c3cc(C)c(O)c(C)c3)cc2)c1F.Cl. The number of aromatic hydroxyl groups is 2. The number of carbonyl (C=O) groups excluding carboxylic acids is 3. The molecule has 1 heterocycles. The van der Waals surface area contributed by atoms with Crippen LogP contribution in [0.15, 0.2) is 48.5 Å². The van der Waals surface area contributed by atoms with Crippen molar-refractivity contribution in [2.24, 2.45) is 0 Å². The quantitative estimate of drug-likeness (QED) is 0.266. The number of carbonyl (C=O) groups is 3. The van der Waals surface area contributed by atoms with Crippen LogP contribution >= 0.6 is 12.4 Å². The molecule has 218 valence electrons. The summed E-state index contributed by atoms with van der Waals surface area (Å²) < 4.78 is 19.5. The molecular weight excluding hydrogens is 553 g/mol. The maximum atomic E-state index is 14.6. The highest BCUT2D eigenvalue weighted by atomic mass is 35.5. The lowest BCUT2D eigenvalue weighted by Gasteiger charge is -2.27. The van der Waals surface area contributed by atoms with Crippen molar-refractivity contribution < 1.29 is 33.7 Å². The van der Waals surface area contributed by atoms with E-state index in [9.17, 15) is 29.0 Å². The third-order valence-electron chi connectivity index (χ3n) is 7.05. The summed E-state index contributed by atoms with van der Waals surface area (Å²) in [5.74, 6) is -2.96. The van der Waals surface area contributed by atoms with Gasteiger partial charge in [-0.2, -0.15) is 0 Å². The van der Waals surface area contributed by atoms with Gasteiger partial charge in [-0.15, -0.1) is 12.4 Å². The standard InChI is InChI=1S/C30H32FN3O6.ClH/c1-16-13-20(14-17(2)27(16)36)30(39)34-22-15-32-12-4-5-21(22)33-29(38)19-8-6-18(7-9-19)28(37)25-23(35)10-11-24(40-3)26(25)31;/h6-11,13-14,21-22,32,35-36H,4-5,12,15H2,1-3H3,(H,33,38)(H,34,39);1H/t21-,22-;/m1./s1. The maximum absolute atomic E-state index is 14.6. The van der Waals surface area contributed by atoms with Crippen LogP contribution < -0.4 is 20.7 Å². The Morgan fingerprint density at radius 3 is 2.12 bits per heavy atom. The number of hydrogen-bond donors (Lipinski definition) is 5. The average Bonchev–Trinajstić information content (AvgIpc) is 3.16. The Labute approximate surface area is 243 Å². The van der Waals surface area contributed by atoms with Gasteiger partial charge in [0.05, 0.1) is 19.2 Å². The zero-order chi connectivity index (χ0) is 29.0. The van der Waals surface area contributed by atoms with Crippen molar-refractivity contribution in [1.29, 1.82) is 0 Å². The molecule has 9 nitrogen and oxygen atoms in total. The molecule has 1 fully saturated rings. The molecule has 2 atom stereocenters. The van der Waals surface area contributed by atoms with E-state index in [1.165, 1.54) is 43.5 Å². The normalized spacial score (nSPS) is 16.6. The first kappa shape index (κ1) is 31.4. The number of ketones is 1. The number of nitrogens with one attached hydrogen (secondary N) is 3. The largest absolute Gasteiger partial charge is 0.507 e. The number of methoxy groups -OCH3 is 1. The maximum Gasteiger partial charge on any atom is 0.251 e. The molecule has 0 spiro atoms. The molecule has 11 heteroatoms. The van der Waals surface area contributed by atoms with E-state index in [0.29, 0.717) is 29.7 Å². The Bertz CT molecular complexity index is 1420. The van der Waals surface area contributed by atoms with E-state index < -0.39 is 34.9 Å². The summed E-state index contributed by atoms with van der Waals surface area (Å²) in [6, 6.07) is 10.5. The van der Waals surface area contributed by atoms with Gasteiger partial charge in [-0.05, 0) is 80.8 Å². The highest BCUT2D eigenvalue weighted by molar-refractivity contribution is 6.11. The summed E-state index contributed by atoms with van der Waals surface area (Å²) in [5.41, 5.74) is 1.46. The van der Waals surface area contributed by atoms with Crippen LogP contribution in [-0.4, -0.2) is 60.1 Å². The molecular formula is C30H33ClFN3O6. The Morgan fingerprint density at radius 1 is 0.902 bits per heavy atom. The molecule has 2 amide bonds. The van der Waals surface area contributed by atoms with Crippen LogP contribution in [0.1, 0.15) is 60.6 Å². The van der Waals surface area contributed by atoms with Gasteiger partial charge in [0.2, 0.25) is 0 Å². The fraction of sp³-hybridized carbons (Fsp3) is 0.300. The van der Waals surface area contributed by atoms with Gasteiger partial charge in [-0.1, -0.05) is 12.1 Å². The van der Waals surface area contributed by atoms with Gasteiger partial charge >= 0.3 is 0 Å². The minimum absolute atomic E-state index is 0. The highest BCUT2D eigenvalue weighted by Crippen LogP contribution is 2.30. The first-order chi connectivity index (χ1) is 19.1. The second-order valence-electron chi connectivity index (χ2n) is 9.85. The molecule has 41 heavy (non-hydrogen) atoms. The third-order valence-corrected chi connectivity index (χ3v) is 7.05. The fourth-order valence-electron chi connectivity index (χ4n) is 4.80. The number of hydrogen-bond acceptors (Lipinski definition) is 7. The van der Waals surface area contributed by atoms with Crippen LogP contribution in [0.2, 0.25) is 0 Å². The molecule has 3 aromatic carbocycles. The summed E-state index contributed by atoms with van der Waals surface area (Å²) in [4.78, 5) is 39.1. The monoisotopic (exact) mass is 585 g/mol. The van der Waals surface area contributed by atoms with Crippen molar-refractivity contribution in [3.63, 3.8) is 0 Å². The first-order valence-corrected chi connectivity index (χ1v) is 12.9. The van der Waals surface area contributed by atoms with Crippen molar-refractivity contribution >= 4 is 30.0 Å². The molecule has 1 aliphatic heterocycles. The van der Waals surface area contributed by atoms with Gasteiger partial charge in [0.15, 0.2) is 17.3 Å². The smallest absolute Gasteiger partial charge is 0.251 e. The summed E-state index contributed by atoms with van der Waals surface area (Å²) in [6.45, 7) is 4.64. The zero-order valence-electron chi connectivity index (χ0n) is 22.9. The number of halogens is 2. The molecule has 0 aromatic heterocycles. The summed E-state index contributed by atoms with van der Waals surface area (Å²) >= 11 is 0. The molecule has 1 saturated heterocycles. The fourth-order valence-corrected chi connectivity index (χ4v) is 4.80. The first-order valence-electron chi connectivity index (χ1n) is 12.9. The predicted octanol–water partition coefficient (Wildman–Crippen LogP) is 3.80. The van der Waals surface area contributed by atoms with Gasteiger partial charge in [-0.25, -0.2) is 4.39 Å². The molecule has 4 rings (SSSR count). The van der Waals surface area contributed by atoms with Crippen molar-refractivity contribution in [2.45, 2.75) is 38.8 Å². The third kappa shape index (κ3) is 6.96. The van der Waals surface area contributed by atoms with Gasteiger partial charge in [0.25, 0.3) is 11.8 Å². The summed E-state index contributed by atoms with van der Waals surface area (Å²) in [7, 11) is 1.26. The van der Waals surface area contributed by atoms with Crippen LogP contribution in [0.3, 0.4) is 0 Å². The van der Waals surface area contributed by atoms with Crippen molar-refractivity contribution in [1.82, 2.24) is 16.0 Å². The average molecular weight is 586 g/mol. The molecule has 0 bridgehead atoms. The summed E-state index contributed by atoms with van der Waals surface area (Å²) in [5, 5.41) is 29.4. The molecule has 1 aliphatic rings. The van der Waals surface area contributed by atoms with Crippen LogP contribution in [0.5, 0.6) is 17.2 Å². The number of rotatable bonds is 7. The van der Waals surface area contributed by atoms with E-state index in [1.54, 1.807) is 26.0 Å². The lowest BCUT2D eigenvalue weighted by molar-refractivity contribution is 0.0882. The Kier molecular flexibility index (Phi) is 10.3. The van der Waals surface area contributed by atoms with E-state index in [1.807, 2.05) is 0 Å². The second-order valence-corrected chi connectivity index (χ2v) is 9.85. The van der Waals surface area contributed by atoms with Crippen LogP contribution in [-0.2, 0) is 0 Å². The van der Waals surface area contributed by atoms with Gasteiger partial charge in [0.1, 0.15) is 17.1 Å². The van der Waals surface area contributed by atoms with E-state index in [2.05, 4.69) is 16.0 Å². The van der Waals surface area contributed by atoms with Crippen molar-refractivity contribution in [2.75, 3.05) is 20.2 Å². The number of ether oxygens (including phenoxy) is 1. The number of aryl methyl sites for hydroxylation is 2. The lowest BCUT2D eigenvalue weighted by atomic mass is 9.99. The highest BCUT2D eigenvalue weighted by Gasteiger charge is 2.28. The van der Waals surface area contributed by atoms with E-state index in [-0.39, 0.29) is 47.0 Å². The van der Waals surface area contributed by atoms with Crippen LogP contribution in [0, 0.1) is 19.7 Å². The Morgan fingerprint density at radius 2 is 1.49 bits per heavy atom. The van der Waals surface area contributed by atoms with Gasteiger partial charge < -0.3 is 30.9 Å². The minimum atomic E-state index is -0.970. The number of benzene rings is 3. The Hall–Kier alpha value is -4.15. The Balaban J connectivity index is 0.00000462. The van der Waals surface area contributed by atoms with E-state index in [4.69, 9.17) is 4.74 Å². The van der Waals surface area contributed by atoms with Crippen molar-refractivity contribution in [3.05, 3.63) is 87.7 Å². The topological polar surface area (TPSA) is 137 Å². The zero-order valence-corrected chi connectivity index (χ0v) is 23.7. The molecule has 0 aliphatic carbocycles. The molecule has 0 unspecified atom stereocenters.